The quantitative estimate of drug-likeness (QED) is 0.671. The van der Waals surface area contributed by atoms with E-state index < -0.39 is 0 Å². The minimum Gasteiger partial charge on any atom is -0.233 e. The summed E-state index contributed by atoms with van der Waals surface area (Å²) in [5, 5.41) is 13.2. The van der Waals surface area contributed by atoms with E-state index in [-0.39, 0.29) is 5.15 Å². The number of halogens is 2. The first-order valence-corrected chi connectivity index (χ1v) is 4.08. The van der Waals surface area contributed by atoms with Gasteiger partial charge < -0.3 is 0 Å². The Morgan fingerprint density at radius 3 is 2.92 bits per heavy atom. The highest BCUT2D eigenvalue weighted by Crippen LogP contribution is 2.19. The summed E-state index contributed by atoms with van der Waals surface area (Å²) in [6.45, 7) is 0. The van der Waals surface area contributed by atoms with Crippen LogP contribution in [0, 0.1) is 11.3 Å². The van der Waals surface area contributed by atoms with Crippen LogP contribution in [0.2, 0.25) is 10.2 Å². The van der Waals surface area contributed by atoms with Crippen molar-refractivity contribution in [1.82, 2.24) is 14.6 Å². The molecule has 13 heavy (non-hydrogen) atoms. The molecule has 0 aliphatic carbocycles. The van der Waals surface area contributed by atoms with Crippen molar-refractivity contribution < 1.29 is 0 Å². The molecule has 0 fully saturated rings. The molecule has 0 saturated carbocycles. The number of imidazole rings is 1. The number of nitrogens with zero attached hydrogens (tertiary/aromatic N) is 4. The molecule has 0 bridgehead atoms. The Labute approximate surface area is 83.3 Å². The van der Waals surface area contributed by atoms with Crippen molar-refractivity contribution in [3.05, 3.63) is 28.1 Å². The Morgan fingerprint density at radius 1 is 1.46 bits per heavy atom. The van der Waals surface area contributed by atoms with Gasteiger partial charge in [0, 0.05) is 0 Å². The number of aromatic nitrogens is 3. The summed E-state index contributed by atoms with van der Waals surface area (Å²) in [4.78, 5) is 3.92. The van der Waals surface area contributed by atoms with Crippen molar-refractivity contribution in [3.63, 3.8) is 0 Å². The standard InChI is InChI=1S/C7H2Cl2N4/c8-5-1-6(9)12-13-4(2-10)3-11-7(5)13/h1,3H. The monoisotopic (exact) mass is 212 g/mol. The molecule has 0 unspecified atom stereocenters. The van der Waals surface area contributed by atoms with Crippen LogP contribution >= 0.6 is 23.2 Å². The summed E-state index contributed by atoms with van der Waals surface area (Å²) in [7, 11) is 0. The van der Waals surface area contributed by atoms with Gasteiger partial charge in [-0.15, -0.1) is 0 Å². The summed E-state index contributed by atoms with van der Waals surface area (Å²) in [6.07, 6.45) is 1.39. The Morgan fingerprint density at radius 2 is 2.23 bits per heavy atom. The molecule has 0 saturated heterocycles. The average molecular weight is 213 g/mol. The van der Waals surface area contributed by atoms with E-state index in [0.717, 1.165) is 0 Å². The van der Waals surface area contributed by atoms with Gasteiger partial charge in [0.1, 0.15) is 6.07 Å². The van der Waals surface area contributed by atoms with E-state index in [1.807, 2.05) is 6.07 Å². The summed E-state index contributed by atoms with van der Waals surface area (Å²) in [5.74, 6) is 0. The third-order valence-electron chi connectivity index (χ3n) is 1.51. The largest absolute Gasteiger partial charge is 0.233 e. The summed E-state index contributed by atoms with van der Waals surface area (Å²) >= 11 is 11.5. The first-order chi connectivity index (χ1) is 6.22. The van der Waals surface area contributed by atoms with E-state index in [1.165, 1.54) is 16.8 Å². The fraction of sp³-hybridized carbons (Fsp3) is 0. The van der Waals surface area contributed by atoms with Gasteiger partial charge in [0.2, 0.25) is 0 Å². The zero-order valence-corrected chi connectivity index (χ0v) is 7.71. The van der Waals surface area contributed by atoms with Gasteiger partial charge in [-0.2, -0.15) is 10.4 Å². The maximum absolute atomic E-state index is 8.67. The lowest BCUT2D eigenvalue weighted by Crippen LogP contribution is -1.94. The molecule has 0 radical (unpaired) electrons. The Kier molecular flexibility index (Phi) is 1.83. The summed E-state index contributed by atoms with van der Waals surface area (Å²) in [6, 6.07) is 3.40. The second kappa shape index (κ2) is 2.87. The molecule has 0 N–H and O–H groups in total. The number of hydrogen-bond acceptors (Lipinski definition) is 3. The molecule has 0 aliphatic rings. The van der Waals surface area contributed by atoms with Gasteiger partial charge in [-0.3, -0.25) is 0 Å². The predicted octanol–water partition coefficient (Wildman–Crippen LogP) is 1.91. The van der Waals surface area contributed by atoms with Gasteiger partial charge in [0.05, 0.1) is 11.2 Å². The van der Waals surface area contributed by atoms with E-state index in [1.54, 1.807) is 0 Å². The van der Waals surface area contributed by atoms with Gasteiger partial charge >= 0.3 is 0 Å². The van der Waals surface area contributed by atoms with Crippen molar-refractivity contribution in [2.45, 2.75) is 0 Å². The second-order valence-electron chi connectivity index (χ2n) is 2.31. The topological polar surface area (TPSA) is 54.0 Å². The lowest BCUT2D eigenvalue weighted by atomic mass is 10.5. The van der Waals surface area contributed by atoms with Crippen LogP contribution in [0.3, 0.4) is 0 Å². The molecular formula is C7H2Cl2N4. The van der Waals surface area contributed by atoms with Crippen molar-refractivity contribution in [2.24, 2.45) is 0 Å². The van der Waals surface area contributed by atoms with Crippen LogP contribution in [-0.2, 0) is 0 Å². The van der Waals surface area contributed by atoms with E-state index in [9.17, 15) is 0 Å². The molecule has 2 rings (SSSR count). The fourth-order valence-electron chi connectivity index (χ4n) is 0.980. The SMILES string of the molecule is N#Cc1cnc2c(Cl)cc(Cl)nn12. The van der Waals surface area contributed by atoms with Crippen LogP contribution in [0.5, 0.6) is 0 Å². The van der Waals surface area contributed by atoms with Gasteiger partial charge in [-0.25, -0.2) is 9.50 Å². The number of fused-ring (bicyclic) bond motifs is 1. The molecule has 4 nitrogen and oxygen atoms in total. The molecule has 0 aliphatic heterocycles. The number of rotatable bonds is 0. The molecule has 0 aromatic carbocycles. The van der Waals surface area contributed by atoms with E-state index >= 15 is 0 Å². The van der Waals surface area contributed by atoms with Gasteiger partial charge in [-0.1, -0.05) is 23.2 Å². The van der Waals surface area contributed by atoms with Crippen LogP contribution in [-0.4, -0.2) is 14.6 Å². The third-order valence-corrected chi connectivity index (χ3v) is 1.97. The van der Waals surface area contributed by atoms with Crippen LogP contribution in [0.4, 0.5) is 0 Å². The number of hydrogen-bond donors (Lipinski definition) is 0. The van der Waals surface area contributed by atoms with Crippen molar-refractivity contribution in [1.29, 1.82) is 5.26 Å². The Balaban J connectivity index is 2.92. The molecule has 2 aromatic heterocycles. The molecule has 0 amide bonds. The normalized spacial score (nSPS) is 10.2. The predicted molar refractivity (Wildman–Crippen MR) is 47.7 cm³/mol. The van der Waals surface area contributed by atoms with Gasteiger partial charge in [0.25, 0.3) is 0 Å². The molecule has 0 spiro atoms. The zero-order chi connectivity index (χ0) is 9.42. The first kappa shape index (κ1) is 8.30. The molecule has 2 heterocycles. The van der Waals surface area contributed by atoms with E-state index in [4.69, 9.17) is 28.5 Å². The Bertz CT molecular complexity index is 511. The summed E-state index contributed by atoms with van der Waals surface area (Å²) in [5.41, 5.74) is 0.738. The average Bonchev–Trinajstić information content (AvgIpc) is 2.47. The van der Waals surface area contributed by atoms with Crippen LogP contribution in [0.25, 0.3) is 5.65 Å². The molecule has 0 atom stereocenters. The fourth-order valence-corrected chi connectivity index (χ4v) is 1.45. The minimum absolute atomic E-state index is 0.229. The smallest absolute Gasteiger partial charge is 0.173 e. The third kappa shape index (κ3) is 1.22. The minimum atomic E-state index is 0.229. The van der Waals surface area contributed by atoms with Gasteiger partial charge in [0.15, 0.2) is 16.5 Å². The van der Waals surface area contributed by atoms with Crippen LogP contribution in [0.15, 0.2) is 12.3 Å². The highest BCUT2D eigenvalue weighted by molar-refractivity contribution is 6.35. The lowest BCUT2D eigenvalue weighted by molar-refractivity contribution is 0.921. The molecule has 64 valence electrons. The molecule has 6 heteroatoms. The van der Waals surface area contributed by atoms with Crippen molar-refractivity contribution in [2.75, 3.05) is 0 Å². The maximum atomic E-state index is 8.67. The summed E-state index contributed by atoms with van der Waals surface area (Å²) < 4.78 is 1.31. The van der Waals surface area contributed by atoms with Gasteiger partial charge in [-0.05, 0) is 6.07 Å². The van der Waals surface area contributed by atoms with Crippen LogP contribution in [0.1, 0.15) is 5.69 Å². The van der Waals surface area contributed by atoms with E-state index in [2.05, 4.69) is 10.1 Å². The van der Waals surface area contributed by atoms with Crippen molar-refractivity contribution >= 4 is 28.8 Å². The number of nitriles is 1. The van der Waals surface area contributed by atoms with Crippen LogP contribution < -0.4 is 0 Å². The second-order valence-corrected chi connectivity index (χ2v) is 3.10. The van der Waals surface area contributed by atoms with E-state index in [0.29, 0.717) is 16.4 Å². The lowest BCUT2D eigenvalue weighted by Gasteiger charge is -1.96. The molecule has 2 aromatic rings. The highest BCUT2D eigenvalue weighted by atomic mass is 35.5. The zero-order valence-electron chi connectivity index (χ0n) is 6.20. The molecular weight excluding hydrogens is 211 g/mol. The highest BCUT2D eigenvalue weighted by Gasteiger charge is 2.08. The first-order valence-electron chi connectivity index (χ1n) is 3.32. The maximum Gasteiger partial charge on any atom is 0.173 e. The Hall–Kier alpha value is -1.31. The van der Waals surface area contributed by atoms with Crippen molar-refractivity contribution in [3.8, 4) is 6.07 Å².